The first kappa shape index (κ1) is 15.1. The molecule has 22 heavy (non-hydrogen) atoms. The van der Waals surface area contributed by atoms with Crippen molar-refractivity contribution in [2.45, 2.75) is 11.6 Å². The highest BCUT2D eigenvalue weighted by Crippen LogP contribution is 2.27. The molecule has 0 saturated carbocycles. The lowest BCUT2D eigenvalue weighted by atomic mass is 10.2. The van der Waals surface area contributed by atoms with Crippen molar-refractivity contribution in [3.05, 3.63) is 18.2 Å². The van der Waals surface area contributed by atoms with Gasteiger partial charge in [0.15, 0.2) is 5.65 Å². The summed E-state index contributed by atoms with van der Waals surface area (Å²) in [5.74, 6) is 1.79. The fraction of sp³-hybridized carbons (Fsp3) is 0.400. The first-order valence-corrected chi connectivity index (χ1v) is 8.13. The molecule has 0 atom stereocenters. The van der Waals surface area contributed by atoms with E-state index < -0.39 is 0 Å². The van der Waals surface area contributed by atoms with E-state index in [0.29, 0.717) is 5.16 Å². The summed E-state index contributed by atoms with van der Waals surface area (Å²) in [5, 5.41) is 10.3. The maximum absolute atomic E-state index is 5.26. The minimum absolute atomic E-state index is 0.713. The number of nitrogens with one attached hydrogen (secondary N) is 1. The molecule has 2 heterocycles. The molecule has 0 saturated heterocycles. The zero-order valence-corrected chi connectivity index (χ0v) is 13.8. The maximum Gasteiger partial charge on any atom is 0.211 e. The predicted octanol–water partition coefficient (Wildman–Crippen LogP) is 2.56. The Labute approximate surface area is 133 Å². The summed E-state index contributed by atoms with van der Waals surface area (Å²) in [4.78, 5) is 10.0. The van der Waals surface area contributed by atoms with Crippen LogP contribution in [-0.2, 0) is 0 Å². The molecular weight excluding hydrogens is 298 g/mol. The second kappa shape index (κ2) is 6.50. The van der Waals surface area contributed by atoms with Crippen molar-refractivity contribution in [1.82, 2.24) is 25.1 Å². The number of hydrogen-bond donors (Lipinski definition) is 1. The molecule has 7 heteroatoms. The molecule has 116 valence electrons. The van der Waals surface area contributed by atoms with Crippen LogP contribution in [0.4, 0.5) is 0 Å². The number of rotatable bonds is 6. The van der Waals surface area contributed by atoms with Gasteiger partial charge in [0.2, 0.25) is 5.16 Å². The Hall–Kier alpha value is -1.86. The second-order valence-electron chi connectivity index (χ2n) is 5.33. The van der Waals surface area contributed by atoms with E-state index in [-0.39, 0.29) is 0 Å². The third-order valence-electron chi connectivity index (χ3n) is 3.38. The number of thioether (sulfide) groups is 1. The van der Waals surface area contributed by atoms with Crippen LogP contribution in [-0.4, -0.2) is 58.6 Å². The normalized spacial score (nSPS) is 11.6. The van der Waals surface area contributed by atoms with Gasteiger partial charge in [0, 0.05) is 16.7 Å². The van der Waals surface area contributed by atoms with Gasteiger partial charge in [-0.2, -0.15) is 0 Å². The van der Waals surface area contributed by atoms with Crippen molar-refractivity contribution in [3.8, 4) is 5.75 Å². The van der Waals surface area contributed by atoms with Crippen LogP contribution in [0.5, 0.6) is 5.75 Å². The Kier molecular flexibility index (Phi) is 4.44. The third-order valence-corrected chi connectivity index (χ3v) is 4.31. The van der Waals surface area contributed by atoms with Gasteiger partial charge in [0.1, 0.15) is 11.3 Å². The fourth-order valence-electron chi connectivity index (χ4n) is 2.27. The highest BCUT2D eigenvalue weighted by molar-refractivity contribution is 7.99. The van der Waals surface area contributed by atoms with Gasteiger partial charge in [-0.3, -0.25) is 0 Å². The number of H-pyrrole nitrogens is 1. The Bertz CT molecular complexity index is 786. The van der Waals surface area contributed by atoms with Crippen LogP contribution in [0.15, 0.2) is 23.4 Å². The summed E-state index contributed by atoms with van der Waals surface area (Å²) >= 11 is 1.64. The molecule has 1 N–H and O–H groups in total. The molecule has 0 amide bonds. The summed E-state index contributed by atoms with van der Waals surface area (Å²) in [6.07, 6.45) is 1.10. The summed E-state index contributed by atoms with van der Waals surface area (Å²) < 4.78 is 5.26. The quantitative estimate of drug-likeness (QED) is 0.557. The molecule has 0 bridgehead atoms. The van der Waals surface area contributed by atoms with E-state index >= 15 is 0 Å². The third kappa shape index (κ3) is 3.15. The van der Waals surface area contributed by atoms with Crippen LogP contribution in [0.2, 0.25) is 0 Å². The Morgan fingerprint density at radius 3 is 2.91 bits per heavy atom. The Balaban J connectivity index is 1.82. The first-order chi connectivity index (χ1) is 10.7. The highest BCUT2D eigenvalue weighted by atomic mass is 32.2. The number of aromatic nitrogens is 4. The first-order valence-electron chi connectivity index (χ1n) is 7.15. The summed E-state index contributed by atoms with van der Waals surface area (Å²) in [6.45, 7) is 1.06. The molecule has 0 aliphatic heterocycles. The molecule has 2 aromatic heterocycles. The zero-order chi connectivity index (χ0) is 15.5. The minimum atomic E-state index is 0.713. The van der Waals surface area contributed by atoms with E-state index in [1.54, 1.807) is 18.9 Å². The number of benzene rings is 1. The van der Waals surface area contributed by atoms with E-state index in [2.05, 4.69) is 39.2 Å². The fourth-order valence-corrected chi connectivity index (χ4v) is 2.98. The lowest BCUT2D eigenvalue weighted by Crippen LogP contribution is -2.13. The van der Waals surface area contributed by atoms with Gasteiger partial charge >= 0.3 is 0 Å². The van der Waals surface area contributed by atoms with Crippen LogP contribution in [0, 0.1) is 0 Å². The van der Waals surface area contributed by atoms with Crippen molar-refractivity contribution in [2.75, 3.05) is 33.5 Å². The van der Waals surface area contributed by atoms with Crippen molar-refractivity contribution in [2.24, 2.45) is 0 Å². The van der Waals surface area contributed by atoms with Gasteiger partial charge in [-0.25, -0.2) is 4.98 Å². The van der Waals surface area contributed by atoms with Gasteiger partial charge in [-0.1, -0.05) is 11.8 Å². The van der Waals surface area contributed by atoms with Crippen LogP contribution in [0.1, 0.15) is 6.42 Å². The van der Waals surface area contributed by atoms with Gasteiger partial charge in [-0.05, 0) is 45.3 Å². The predicted molar refractivity (Wildman–Crippen MR) is 89.6 cm³/mol. The second-order valence-corrected chi connectivity index (χ2v) is 6.40. The number of ether oxygens (including phenoxy) is 1. The van der Waals surface area contributed by atoms with Crippen molar-refractivity contribution >= 4 is 33.8 Å². The molecular formula is C15H19N5OS. The summed E-state index contributed by atoms with van der Waals surface area (Å²) in [5.41, 5.74) is 2.55. The standard InChI is InChI=1S/C15H19N5OS/c1-20(2)7-4-8-22-15-17-14-13(18-19-15)11-9-10(21-3)5-6-12(11)16-14/h5-6,9H,4,7-8H2,1-3H3,(H,16,17,19). The number of fused-ring (bicyclic) bond motifs is 3. The monoisotopic (exact) mass is 317 g/mol. The zero-order valence-electron chi connectivity index (χ0n) is 13.0. The Morgan fingerprint density at radius 2 is 2.14 bits per heavy atom. The van der Waals surface area contributed by atoms with Crippen molar-refractivity contribution in [3.63, 3.8) is 0 Å². The van der Waals surface area contributed by atoms with Crippen LogP contribution >= 0.6 is 11.8 Å². The highest BCUT2D eigenvalue weighted by Gasteiger charge is 2.10. The Morgan fingerprint density at radius 1 is 1.27 bits per heavy atom. The molecule has 0 aliphatic rings. The van der Waals surface area contributed by atoms with E-state index in [1.165, 1.54) is 0 Å². The van der Waals surface area contributed by atoms with Crippen LogP contribution in [0.3, 0.4) is 0 Å². The molecule has 3 aromatic rings. The molecule has 6 nitrogen and oxygen atoms in total. The molecule has 0 aliphatic carbocycles. The van der Waals surface area contributed by atoms with Gasteiger partial charge in [0.25, 0.3) is 0 Å². The molecule has 0 spiro atoms. The topological polar surface area (TPSA) is 66.9 Å². The average Bonchev–Trinajstić information content (AvgIpc) is 2.88. The van der Waals surface area contributed by atoms with E-state index in [9.17, 15) is 0 Å². The SMILES string of the molecule is COc1ccc2[nH]c3nc(SCCCN(C)C)nnc3c2c1. The van der Waals surface area contributed by atoms with Crippen LogP contribution < -0.4 is 4.74 Å². The van der Waals surface area contributed by atoms with E-state index in [1.807, 2.05) is 18.2 Å². The van der Waals surface area contributed by atoms with Gasteiger partial charge in [0.05, 0.1) is 7.11 Å². The lowest BCUT2D eigenvalue weighted by molar-refractivity contribution is 0.410. The molecule has 3 rings (SSSR count). The smallest absolute Gasteiger partial charge is 0.211 e. The lowest BCUT2D eigenvalue weighted by Gasteiger charge is -2.07. The van der Waals surface area contributed by atoms with Crippen molar-refractivity contribution in [1.29, 1.82) is 0 Å². The largest absolute Gasteiger partial charge is 0.497 e. The summed E-state index contributed by atoms with van der Waals surface area (Å²) in [7, 11) is 5.81. The van der Waals surface area contributed by atoms with Gasteiger partial charge < -0.3 is 14.6 Å². The van der Waals surface area contributed by atoms with Crippen molar-refractivity contribution < 1.29 is 4.74 Å². The average molecular weight is 317 g/mol. The summed E-state index contributed by atoms with van der Waals surface area (Å²) in [6, 6.07) is 5.85. The number of nitrogens with zero attached hydrogens (tertiary/aromatic N) is 4. The maximum atomic E-state index is 5.26. The number of hydrogen-bond acceptors (Lipinski definition) is 6. The van der Waals surface area contributed by atoms with Crippen LogP contribution in [0.25, 0.3) is 22.1 Å². The minimum Gasteiger partial charge on any atom is -0.497 e. The number of aromatic amines is 1. The van der Waals surface area contributed by atoms with Gasteiger partial charge in [-0.15, -0.1) is 10.2 Å². The van der Waals surface area contributed by atoms with E-state index in [4.69, 9.17) is 4.74 Å². The molecule has 0 radical (unpaired) electrons. The van der Waals surface area contributed by atoms with E-state index in [0.717, 1.165) is 46.5 Å². The number of methoxy groups -OCH3 is 1. The molecule has 1 aromatic carbocycles. The molecule has 0 fully saturated rings. The molecule has 0 unspecified atom stereocenters.